The highest BCUT2D eigenvalue weighted by Gasteiger charge is 2.69. The van der Waals surface area contributed by atoms with Gasteiger partial charge in [-0.05, 0) is 18.4 Å². The molecule has 7 atom stereocenters. The van der Waals surface area contributed by atoms with E-state index in [-0.39, 0.29) is 29.8 Å². The lowest BCUT2D eigenvalue weighted by atomic mass is 9.50. The topological polar surface area (TPSA) is 87.0 Å². The second kappa shape index (κ2) is 4.06. The number of ether oxygens (including phenoxy) is 1. The third kappa shape index (κ3) is 1.41. The van der Waals surface area contributed by atoms with E-state index in [0.717, 1.165) is 6.42 Å². The number of fused-ring (bicyclic) bond motifs is 3. The van der Waals surface area contributed by atoms with Crippen LogP contribution >= 0.6 is 0 Å². The molecule has 7 unspecified atom stereocenters. The van der Waals surface area contributed by atoms with Crippen LogP contribution in [0.3, 0.4) is 0 Å². The Morgan fingerprint density at radius 2 is 2.05 bits per heavy atom. The van der Waals surface area contributed by atoms with Crippen molar-refractivity contribution in [3.63, 3.8) is 0 Å². The molecule has 0 amide bonds. The van der Waals surface area contributed by atoms with Crippen LogP contribution in [0.15, 0.2) is 12.2 Å². The summed E-state index contributed by atoms with van der Waals surface area (Å²) in [7, 11) is 0. The van der Waals surface area contributed by atoms with Crippen LogP contribution in [0.5, 0.6) is 0 Å². The van der Waals surface area contributed by atoms with Crippen LogP contribution in [0.1, 0.15) is 33.1 Å². The molecule has 1 saturated heterocycles. The lowest BCUT2D eigenvalue weighted by molar-refractivity contribution is -0.227. The zero-order valence-electron chi connectivity index (χ0n) is 11.9. The summed E-state index contributed by atoms with van der Waals surface area (Å²) >= 11 is 0. The number of hydrogen-bond donors (Lipinski definition) is 3. The molecule has 1 heterocycles. The fraction of sp³-hybridized carbons (Fsp3) is 0.800. The van der Waals surface area contributed by atoms with Gasteiger partial charge in [0.25, 0.3) is 0 Å². The van der Waals surface area contributed by atoms with Gasteiger partial charge in [-0.2, -0.15) is 0 Å². The lowest BCUT2D eigenvalue weighted by Crippen LogP contribution is -2.69. The Balaban J connectivity index is 2.10. The third-order valence-electron chi connectivity index (χ3n) is 6.00. The minimum atomic E-state index is -1.56. The second-order valence-electron chi connectivity index (χ2n) is 6.83. The lowest BCUT2D eigenvalue weighted by Gasteiger charge is -2.59. The molecule has 3 rings (SSSR count). The fourth-order valence-corrected chi connectivity index (χ4v) is 4.37. The molecule has 1 aliphatic heterocycles. The van der Waals surface area contributed by atoms with E-state index >= 15 is 0 Å². The van der Waals surface area contributed by atoms with E-state index in [1.165, 1.54) is 0 Å². The molecule has 3 aliphatic rings. The van der Waals surface area contributed by atoms with E-state index in [4.69, 9.17) is 4.74 Å². The SMILES string of the molecule is C=C1C(O)CC(O)C2(C)CCC3C(C)C(=O)OC3C12O. The van der Waals surface area contributed by atoms with Crippen LogP contribution in [0.2, 0.25) is 0 Å². The van der Waals surface area contributed by atoms with E-state index in [1.807, 2.05) is 0 Å². The third-order valence-corrected chi connectivity index (χ3v) is 6.00. The molecule has 2 aliphatic carbocycles. The van der Waals surface area contributed by atoms with Gasteiger partial charge in [-0.25, -0.2) is 0 Å². The highest BCUT2D eigenvalue weighted by Crippen LogP contribution is 2.59. The summed E-state index contributed by atoms with van der Waals surface area (Å²) in [5, 5.41) is 31.7. The van der Waals surface area contributed by atoms with Crippen molar-refractivity contribution >= 4 is 5.97 Å². The van der Waals surface area contributed by atoms with Crippen molar-refractivity contribution in [2.45, 2.75) is 57.0 Å². The van der Waals surface area contributed by atoms with Gasteiger partial charge in [0.2, 0.25) is 0 Å². The largest absolute Gasteiger partial charge is 0.458 e. The van der Waals surface area contributed by atoms with Crippen LogP contribution in [0, 0.1) is 17.3 Å². The number of aliphatic hydroxyl groups excluding tert-OH is 2. The van der Waals surface area contributed by atoms with Crippen molar-refractivity contribution in [2.24, 2.45) is 17.3 Å². The molecule has 112 valence electrons. The van der Waals surface area contributed by atoms with E-state index in [9.17, 15) is 20.1 Å². The first-order valence-electron chi connectivity index (χ1n) is 7.21. The summed E-state index contributed by atoms with van der Waals surface area (Å²) in [5.41, 5.74) is -2.13. The predicted octanol–water partition coefficient (Wildman–Crippen LogP) is 0.377. The van der Waals surface area contributed by atoms with Crippen LogP contribution in [0.4, 0.5) is 0 Å². The first-order chi connectivity index (χ1) is 9.23. The molecule has 0 aromatic rings. The molecule has 5 heteroatoms. The summed E-state index contributed by atoms with van der Waals surface area (Å²) in [6.45, 7) is 7.44. The Labute approximate surface area is 118 Å². The molecule has 20 heavy (non-hydrogen) atoms. The number of rotatable bonds is 0. The molecular formula is C15H22O5. The average Bonchev–Trinajstić information content (AvgIpc) is 2.68. The van der Waals surface area contributed by atoms with Crippen LogP contribution in [-0.2, 0) is 9.53 Å². The number of esters is 1. The van der Waals surface area contributed by atoms with Gasteiger partial charge in [0, 0.05) is 17.8 Å². The normalized spacial score (nSPS) is 55.1. The summed E-state index contributed by atoms with van der Waals surface area (Å²) < 4.78 is 5.41. The van der Waals surface area contributed by atoms with Crippen LogP contribution in [-0.4, -0.2) is 45.2 Å². The highest BCUT2D eigenvalue weighted by molar-refractivity contribution is 5.75. The molecule has 2 saturated carbocycles. The van der Waals surface area contributed by atoms with Gasteiger partial charge >= 0.3 is 5.97 Å². The second-order valence-corrected chi connectivity index (χ2v) is 6.83. The number of carbonyl (C=O) groups is 1. The fourth-order valence-electron chi connectivity index (χ4n) is 4.37. The highest BCUT2D eigenvalue weighted by atomic mass is 16.6. The van der Waals surface area contributed by atoms with Crippen molar-refractivity contribution in [1.82, 2.24) is 0 Å². The maximum atomic E-state index is 11.8. The maximum absolute atomic E-state index is 11.8. The van der Waals surface area contributed by atoms with Gasteiger partial charge < -0.3 is 20.1 Å². The van der Waals surface area contributed by atoms with Crippen molar-refractivity contribution < 1.29 is 24.9 Å². The average molecular weight is 282 g/mol. The van der Waals surface area contributed by atoms with Crippen LogP contribution in [0.25, 0.3) is 0 Å². The van der Waals surface area contributed by atoms with Gasteiger partial charge in [0.15, 0.2) is 0 Å². The Hall–Kier alpha value is -0.910. The monoisotopic (exact) mass is 282 g/mol. The molecule has 0 aromatic heterocycles. The van der Waals surface area contributed by atoms with E-state index in [2.05, 4.69) is 6.58 Å². The Morgan fingerprint density at radius 3 is 2.70 bits per heavy atom. The zero-order valence-corrected chi connectivity index (χ0v) is 11.9. The smallest absolute Gasteiger partial charge is 0.309 e. The van der Waals surface area contributed by atoms with Crippen molar-refractivity contribution in [1.29, 1.82) is 0 Å². The minimum Gasteiger partial charge on any atom is -0.458 e. The quantitative estimate of drug-likeness (QED) is 0.441. The number of aliphatic hydroxyl groups is 3. The molecule has 0 aromatic carbocycles. The van der Waals surface area contributed by atoms with Crippen molar-refractivity contribution in [3.8, 4) is 0 Å². The van der Waals surface area contributed by atoms with E-state index in [1.54, 1.807) is 13.8 Å². The van der Waals surface area contributed by atoms with Crippen LogP contribution < -0.4 is 0 Å². The summed E-state index contributed by atoms with van der Waals surface area (Å²) in [5.74, 6) is -0.674. The molecule has 0 spiro atoms. The molecular weight excluding hydrogens is 260 g/mol. The van der Waals surface area contributed by atoms with E-state index in [0.29, 0.717) is 6.42 Å². The Bertz CT molecular complexity index is 475. The van der Waals surface area contributed by atoms with Gasteiger partial charge in [0.1, 0.15) is 11.7 Å². The minimum absolute atomic E-state index is 0.0881. The van der Waals surface area contributed by atoms with Gasteiger partial charge in [-0.15, -0.1) is 0 Å². The summed E-state index contributed by atoms with van der Waals surface area (Å²) in [6.07, 6.45) is -1.07. The first-order valence-corrected chi connectivity index (χ1v) is 7.21. The predicted molar refractivity (Wildman–Crippen MR) is 70.6 cm³/mol. The standard InChI is InChI=1S/C15H22O5/c1-7-9-4-5-14(3)11(17)6-10(16)8(2)15(14,19)12(9)20-13(7)18/h7,9-12,16-17,19H,2,4-6H2,1,3H3. The van der Waals surface area contributed by atoms with Crippen molar-refractivity contribution in [3.05, 3.63) is 12.2 Å². The molecule has 0 bridgehead atoms. The summed E-state index contributed by atoms with van der Waals surface area (Å²) in [4.78, 5) is 11.8. The maximum Gasteiger partial charge on any atom is 0.309 e. The number of carbonyl (C=O) groups excluding carboxylic acids is 1. The Kier molecular flexibility index (Phi) is 2.85. The number of hydrogen-bond acceptors (Lipinski definition) is 5. The first kappa shape index (κ1) is 14.0. The molecule has 3 fully saturated rings. The Morgan fingerprint density at radius 1 is 1.40 bits per heavy atom. The summed E-state index contributed by atoms with van der Waals surface area (Å²) in [6, 6.07) is 0. The molecule has 3 N–H and O–H groups in total. The molecule has 0 radical (unpaired) electrons. The van der Waals surface area contributed by atoms with Gasteiger partial charge in [0.05, 0.1) is 18.1 Å². The zero-order chi connectivity index (χ0) is 14.9. The molecule has 5 nitrogen and oxygen atoms in total. The van der Waals surface area contributed by atoms with Crippen molar-refractivity contribution in [2.75, 3.05) is 0 Å². The van der Waals surface area contributed by atoms with Gasteiger partial charge in [-0.3, -0.25) is 4.79 Å². The van der Waals surface area contributed by atoms with Gasteiger partial charge in [-0.1, -0.05) is 20.4 Å². The van der Waals surface area contributed by atoms with E-state index < -0.39 is 29.3 Å².